The number of nitrogens with zero attached hydrogens (tertiary/aromatic N) is 2. The Balaban J connectivity index is 2.32. The molecule has 0 amide bonds. The third-order valence-electron chi connectivity index (χ3n) is 2.42. The van der Waals surface area contributed by atoms with E-state index in [2.05, 4.69) is 4.98 Å². The van der Waals surface area contributed by atoms with Gasteiger partial charge in [-0.25, -0.2) is 9.37 Å². The maximum Gasteiger partial charge on any atom is 0.164 e. The van der Waals surface area contributed by atoms with Gasteiger partial charge in [0.15, 0.2) is 5.78 Å². The summed E-state index contributed by atoms with van der Waals surface area (Å²) >= 11 is 0. The molecule has 1 heterocycles. The van der Waals surface area contributed by atoms with E-state index in [4.69, 9.17) is 5.73 Å². The first-order chi connectivity index (χ1) is 8.22. The highest BCUT2D eigenvalue weighted by Crippen LogP contribution is 2.15. The second-order valence-corrected chi connectivity index (χ2v) is 3.60. The third kappa shape index (κ3) is 2.39. The predicted octanol–water partition coefficient (Wildman–Crippen LogP) is 1.54. The number of imidazole rings is 1. The van der Waals surface area contributed by atoms with Crippen molar-refractivity contribution in [3.63, 3.8) is 0 Å². The van der Waals surface area contributed by atoms with Gasteiger partial charge in [-0.2, -0.15) is 0 Å². The number of aromatic nitrogens is 2. The Morgan fingerprint density at radius 3 is 2.88 bits per heavy atom. The van der Waals surface area contributed by atoms with E-state index in [9.17, 15) is 9.18 Å². The van der Waals surface area contributed by atoms with Gasteiger partial charge in [-0.1, -0.05) is 0 Å². The van der Waals surface area contributed by atoms with Crippen molar-refractivity contribution >= 4 is 5.78 Å². The molecule has 2 N–H and O–H groups in total. The Morgan fingerprint density at radius 2 is 2.29 bits per heavy atom. The lowest BCUT2D eigenvalue weighted by atomic mass is 10.1. The van der Waals surface area contributed by atoms with Gasteiger partial charge in [-0.05, 0) is 24.7 Å². The van der Waals surface area contributed by atoms with Gasteiger partial charge in [-0.3, -0.25) is 4.79 Å². The quantitative estimate of drug-likeness (QED) is 0.815. The molecular weight excluding hydrogens is 221 g/mol. The molecule has 0 aliphatic rings. The molecule has 0 bridgehead atoms. The Labute approximate surface area is 97.9 Å². The lowest BCUT2D eigenvalue weighted by Gasteiger charge is -2.05. The molecule has 0 saturated heterocycles. The molecule has 2 rings (SSSR count). The second-order valence-electron chi connectivity index (χ2n) is 3.60. The van der Waals surface area contributed by atoms with Gasteiger partial charge in [-0.15, -0.1) is 0 Å². The van der Waals surface area contributed by atoms with E-state index in [0.29, 0.717) is 11.3 Å². The first kappa shape index (κ1) is 11.5. The van der Waals surface area contributed by atoms with Crippen molar-refractivity contribution in [2.45, 2.75) is 6.42 Å². The molecule has 2 aromatic rings. The minimum Gasteiger partial charge on any atom is -0.330 e. The van der Waals surface area contributed by atoms with Gasteiger partial charge < -0.3 is 10.3 Å². The van der Waals surface area contributed by atoms with Crippen LogP contribution in [0.15, 0.2) is 36.9 Å². The molecule has 4 nitrogen and oxygen atoms in total. The molecule has 5 heteroatoms. The van der Waals surface area contributed by atoms with Crippen LogP contribution in [0.3, 0.4) is 0 Å². The summed E-state index contributed by atoms with van der Waals surface area (Å²) in [5.41, 5.74) is 6.00. The zero-order valence-corrected chi connectivity index (χ0v) is 9.14. The van der Waals surface area contributed by atoms with Crippen molar-refractivity contribution in [3.05, 3.63) is 48.3 Å². The van der Waals surface area contributed by atoms with Gasteiger partial charge in [0.25, 0.3) is 0 Å². The fourth-order valence-electron chi connectivity index (χ4n) is 1.57. The Morgan fingerprint density at radius 1 is 1.47 bits per heavy atom. The van der Waals surface area contributed by atoms with Gasteiger partial charge in [0.2, 0.25) is 0 Å². The predicted molar refractivity (Wildman–Crippen MR) is 61.5 cm³/mol. The minimum absolute atomic E-state index is 0.149. The monoisotopic (exact) mass is 233 g/mol. The number of hydrogen-bond acceptors (Lipinski definition) is 3. The van der Waals surface area contributed by atoms with E-state index in [0.717, 1.165) is 0 Å². The molecule has 0 aliphatic carbocycles. The minimum atomic E-state index is -0.453. The number of halogens is 1. The molecule has 0 fully saturated rings. The van der Waals surface area contributed by atoms with Crippen LogP contribution in [0.2, 0.25) is 0 Å². The summed E-state index contributed by atoms with van der Waals surface area (Å²) in [7, 11) is 0. The Hall–Kier alpha value is -2.01. The summed E-state index contributed by atoms with van der Waals surface area (Å²) in [6.45, 7) is 0.268. The summed E-state index contributed by atoms with van der Waals surface area (Å²) in [6, 6.07) is 4.38. The molecule has 0 radical (unpaired) electrons. The van der Waals surface area contributed by atoms with E-state index in [-0.39, 0.29) is 18.7 Å². The van der Waals surface area contributed by atoms with Crippen molar-refractivity contribution in [1.82, 2.24) is 9.55 Å². The molecule has 88 valence electrons. The zero-order chi connectivity index (χ0) is 12.3. The number of nitrogens with two attached hydrogens (primary N) is 1. The van der Waals surface area contributed by atoms with E-state index >= 15 is 0 Å². The van der Waals surface area contributed by atoms with Crippen LogP contribution in [-0.2, 0) is 0 Å². The molecule has 1 aromatic heterocycles. The number of ketones is 1. The largest absolute Gasteiger partial charge is 0.330 e. The van der Waals surface area contributed by atoms with Crippen molar-refractivity contribution in [2.24, 2.45) is 5.73 Å². The lowest BCUT2D eigenvalue weighted by molar-refractivity contribution is 0.0985. The SMILES string of the molecule is NCCC(=O)c1ccc(-n2ccnc2)c(F)c1. The summed E-state index contributed by atoms with van der Waals surface area (Å²) in [5, 5.41) is 0. The smallest absolute Gasteiger partial charge is 0.164 e. The first-order valence-corrected chi connectivity index (χ1v) is 5.23. The summed E-state index contributed by atoms with van der Waals surface area (Å²) in [5.74, 6) is -0.602. The molecule has 1 aromatic carbocycles. The molecule has 0 aliphatic heterocycles. The van der Waals surface area contributed by atoms with Gasteiger partial charge >= 0.3 is 0 Å². The van der Waals surface area contributed by atoms with Crippen LogP contribution < -0.4 is 5.73 Å². The second kappa shape index (κ2) is 4.88. The van der Waals surface area contributed by atoms with Crippen LogP contribution >= 0.6 is 0 Å². The first-order valence-electron chi connectivity index (χ1n) is 5.23. The van der Waals surface area contributed by atoms with Crippen LogP contribution in [-0.4, -0.2) is 21.9 Å². The fraction of sp³-hybridized carbons (Fsp3) is 0.167. The number of rotatable bonds is 4. The molecule has 0 saturated carbocycles. The number of carbonyl (C=O) groups is 1. The average Bonchev–Trinajstić information content (AvgIpc) is 2.82. The van der Waals surface area contributed by atoms with Gasteiger partial charge in [0.1, 0.15) is 5.82 Å². The normalized spacial score (nSPS) is 10.5. The van der Waals surface area contributed by atoms with Crippen LogP contribution in [0.4, 0.5) is 4.39 Å². The highest BCUT2D eigenvalue weighted by molar-refractivity contribution is 5.96. The summed E-state index contributed by atoms with van der Waals surface area (Å²) < 4.78 is 15.3. The summed E-state index contributed by atoms with van der Waals surface area (Å²) in [4.78, 5) is 15.4. The highest BCUT2D eigenvalue weighted by Gasteiger charge is 2.09. The van der Waals surface area contributed by atoms with Crippen LogP contribution in [0.5, 0.6) is 0 Å². The lowest BCUT2D eigenvalue weighted by Crippen LogP contribution is -2.08. The molecule has 0 unspecified atom stereocenters. The van der Waals surface area contributed by atoms with Gasteiger partial charge in [0.05, 0.1) is 12.0 Å². The highest BCUT2D eigenvalue weighted by atomic mass is 19.1. The average molecular weight is 233 g/mol. The molecule has 17 heavy (non-hydrogen) atoms. The molecule has 0 atom stereocenters. The maximum atomic E-state index is 13.8. The fourth-order valence-corrected chi connectivity index (χ4v) is 1.57. The molecular formula is C12H12FN3O. The number of Topliss-reactive ketones (excluding diaryl/α,β-unsaturated/α-hetero) is 1. The van der Waals surface area contributed by atoms with E-state index in [1.165, 1.54) is 12.4 Å². The van der Waals surface area contributed by atoms with Crippen molar-refractivity contribution in [1.29, 1.82) is 0 Å². The van der Waals surface area contributed by atoms with E-state index in [1.807, 2.05) is 0 Å². The molecule has 0 spiro atoms. The zero-order valence-electron chi connectivity index (χ0n) is 9.14. The van der Waals surface area contributed by atoms with Crippen LogP contribution in [0, 0.1) is 5.82 Å². The third-order valence-corrected chi connectivity index (χ3v) is 2.42. The standard InChI is InChI=1S/C12H12FN3O/c13-10-7-9(12(17)3-4-14)1-2-11(10)16-6-5-15-8-16/h1-2,5-8H,3-4,14H2. The van der Waals surface area contributed by atoms with Crippen molar-refractivity contribution in [2.75, 3.05) is 6.54 Å². The Kier molecular flexibility index (Phi) is 3.30. The number of carbonyl (C=O) groups excluding carboxylic acids is 1. The van der Waals surface area contributed by atoms with Crippen molar-refractivity contribution in [3.8, 4) is 5.69 Å². The summed E-state index contributed by atoms with van der Waals surface area (Å²) in [6.07, 6.45) is 4.93. The number of hydrogen-bond donors (Lipinski definition) is 1. The number of benzene rings is 1. The Bertz CT molecular complexity index is 523. The maximum absolute atomic E-state index is 13.8. The van der Waals surface area contributed by atoms with E-state index < -0.39 is 5.82 Å². The van der Waals surface area contributed by atoms with Crippen LogP contribution in [0.25, 0.3) is 5.69 Å². The topological polar surface area (TPSA) is 60.9 Å². The van der Waals surface area contributed by atoms with Crippen LogP contribution in [0.1, 0.15) is 16.8 Å². The van der Waals surface area contributed by atoms with Gasteiger partial charge in [0, 0.05) is 24.4 Å². The van der Waals surface area contributed by atoms with Crippen molar-refractivity contribution < 1.29 is 9.18 Å². The van der Waals surface area contributed by atoms with E-state index in [1.54, 1.807) is 29.1 Å².